The fourth-order valence-corrected chi connectivity index (χ4v) is 3.50. The van der Waals surface area contributed by atoms with Gasteiger partial charge in [0.25, 0.3) is 10.1 Å². The van der Waals surface area contributed by atoms with Gasteiger partial charge in [-0.05, 0) is 36.3 Å². The Kier molecular flexibility index (Phi) is 3.95. The molecule has 1 aliphatic carbocycles. The van der Waals surface area contributed by atoms with Crippen molar-refractivity contribution >= 4 is 26.7 Å². The zero-order valence-corrected chi connectivity index (χ0v) is 13.9. The Morgan fingerprint density at radius 3 is 2.62 bits per heavy atom. The van der Waals surface area contributed by atoms with Crippen LogP contribution in [0.5, 0.6) is 0 Å². The van der Waals surface area contributed by atoms with Crippen LogP contribution in [-0.4, -0.2) is 30.9 Å². The summed E-state index contributed by atoms with van der Waals surface area (Å²) in [5.74, 6) is 0. The average Bonchev–Trinajstić information content (AvgIpc) is 2.53. The van der Waals surface area contributed by atoms with E-state index in [1.54, 1.807) is 43.3 Å². The summed E-state index contributed by atoms with van der Waals surface area (Å²) in [5, 5.41) is -0.503. The Hall–Kier alpha value is -2.22. The van der Waals surface area contributed by atoms with E-state index in [1.165, 1.54) is 19.3 Å². The number of ether oxygens (including phenoxy) is 1. The fraction of sp³-hybridized carbons (Fsp3) is 0.235. The van der Waals surface area contributed by atoms with Crippen LogP contribution >= 0.6 is 0 Å². The molecule has 0 fully saturated rings. The molecule has 2 unspecified atom stereocenters. The SMILES string of the molecule is COC1(C)C=CC(S(=O)(=O)O)C(c2ccc3ccc(=O)oc3c2)=C1. The summed E-state index contributed by atoms with van der Waals surface area (Å²) in [6, 6.07) is 7.95. The van der Waals surface area contributed by atoms with Crippen molar-refractivity contribution in [3.05, 3.63) is 64.5 Å². The van der Waals surface area contributed by atoms with E-state index < -0.39 is 26.6 Å². The molecular formula is C17H16O6S. The van der Waals surface area contributed by atoms with Gasteiger partial charge in [0, 0.05) is 18.6 Å². The Balaban J connectivity index is 2.21. The lowest BCUT2D eigenvalue weighted by atomic mass is 9.89. The third-order valence-corrected chi connectivity index (χ3v) is 5.12. The van der Waals surface area contributed by atoms with Crippen molar-refractivity contribution in [1.82, 2.24) is 0 Å². The number of rotatable bonds is 3. The zero-order chi connectivity index (χ0) is 17.5. The molecule has 3 rings (SSSR count). The van der Waals surface area contributed by atoms with E-state index in [1.807, 2.05) is 0 Å². The minimum Gasteiger partial charge on any atom is -0.423 e. The van der Waals surface area contributed by atoms with E-state index in [9.17, 15) is 17.8 Å². The molecule has 0 saturated heterocycles. The number of benzene rings is 1. The highest BCUT2D eigenvalue weighted by atomic mass is 32.2. The lowest BCUT2D eigenvalue weighted by Gasteiger charge is -2.29. The summed E-state index contributed by atoms with van der Waals surface area (Å²) in [6.07, 6.45) is 4.60. The molecule has 7 heteroatoms. The van der Waals surface area contributed by atoms with Gasteiger partial charge in [-0.3, -0.25) is 4.55 Å². The Morgan fingerprint density at radius 1 is 1.25 bits per heavy atom. The monoisotopic (exact) mass is 348 g/mol. The van der Waals surface area contributed by atoms with Gasteiger partial charge in [-0.15, -0.1) is 0 Å². The highest BCUT2D eigenvalue weighted by Gasteiger charge is 2.33. The van der Waals surface area contributed by atoms with Crippen molar-refractivity contribution < 1.29 is 22.1 Å². The first-order valence-corrected chi connectivity index (χ1v) is 8.70. The topological polar surface area (TPSA) is 93.8 Å². The molecule has 0 saturated carbocycles. The Morgan fingerprint density at radius 2 is 1.96 bits per heavy atom. The standard InChI is InChI=1S/C17H16O6S/c1-17(22-2)8-7-15(24(19,20)21)13(10-17)12-4-3-11-5-6-16(18)23-14(11)9-12/h3-10,15H,1-2H3,(H,19,20,21). The van der Waals surface area contributed by atoms with Gasteiger partial charge >= 0.3 is 5.63 Å². The van der Waals surface area contributed by atoms with Crippen LogP contribution in [0.3, 0.4) is 0 Å². The van der Waals surface area contributed by atoms with E-state index in [4.69, 9.17) is 9.15 Å². The molecule has 1 aliphatic rings. The molecular weight excluding hydrogens is 332 g/mol. The Bertz CT molecular complexity index is 1010. The zero-order valence-electron chi connectivity index (χ0n) is 13.1. The van der Waals surface area contributed by atoms with Gasteiger partial charge in [-0.2, -0.15) is 8.42 Å². The summed E-state index contributed by atoms with van der Waals surface area (Å²) >= 11 is 0. The minimum absolute atomic E-state index is 0.337. The first-order chi connectivity index (χ1) is 11.2. The van der Waals surface area contributed by atoms with Crippen LogP contribution in [-0.2, 0) is 14.9 Å². The van der Waals surface area contributed by atoms with Crippen molar-refractivity contribution in [3.8, 4) is 0 Å². The normalized spacial score (nSPS) is 24.1. The highest BCUT2D eigenvalue weighted by molar-refractivity contribution is 7.87. The molecule has 2 aromatic rings. The van der Waals surface area contributed by atoms with Gasteiger partial charge in [-0.1, -0.05) is 24.3 Å². The van der Waals surface area contributed by atoms with Crippen LogP contribution in [0.25, 0.3) is 16.5 Å². The molecule has 0 bridgehead atoms. The second-order valence-electron chi connectivity index (χ2n) is 5.79. The number of hydrogen-bond donors (Lipinski definition) is 1. The van der Waals surface area contributed by atoms with Crippen LogP contribution in [0.15, 0.2) is 57.8 Å². The third-order valence-electron chi connectivity index (χ3n) is 4.07. The van der Waals surface area contributed by atoms with Gasteiger partial charge in [0.05, 0.1) is 0 Å². The predicted molar refractivity (Wildman–Crippen MR) is 90.4 cm³/mol. The molecule has 1 N–H and O–H groups in total. The lowest BCUT2D eigenvalue weighted by Crippen LogP contribution is -2.31. The predicted octanol–water partition coefficient (Wildman–Crippen LogP) is 2.41. The second-order valence-corrected chi connectivity index (χ2v) is 7.33. The van der Waals surface area contributed by atoms with Crippen LogP contribution in [0.1, 0.15) is 12.5 Å². The maximum absolute atomic E-state index is 11.7. The first kappa shape index (κ1) is 16.6. The van der Waals surface area contributed by atoms with E-state index in [0.29, 0.717) is 22.1 Å². The van der Waals surface area contributed by atoms with Crippen molar-refractivity contribution in [1.29, 1.82) is 0 Å². The number of fused-ring (bicyclic) bond motifs is 1. The summed E-state index contributed by atoms with van der Waals surface area (Å²) in [6.45, 7) is 1.77. The van der Waals surface area contributed by atoms with Crippen LogP contribution in [0.4, 0.5) is 0 Å². The van der Waals surface area contributed by atoms with E-state index in [2.05, 4.69) is 0 Å². The summed E-state index contributed by atoms with van der Waals surface area (Å²) in [5.41, 5.74) is -0.0815. The fourth-order valence-electron chi connectivity index (χ4n) is 2.70. The molecule has 24 heavy (non-hydrogen) atoms. The van der Waals surface area contributed by atoms with Crippen molar-refractivity contribution in [2.45, 2.75) is 17.8 Å². The summed E-state index contributed by atoms with van der Waals surface area (Å²) < 4.78 is 43.5. The molecule has 1 aromatic heterocycles. The molecule has 0 radical (unpaired) electrons. The van der Waals surface area contributed by atoms with Gasteiger partial charge < -0.3 is 9.15 Å². The molecule has 0 aliphatic heterocycles. The maximum Gasteiger partial charge on any atom is 0.336 e. The van der Waals surface area contributed by atoms with Crippen molar-refractivity contribution in [2.24, 2.45) is 0 Å². The Labute approximate surface area is 138 Å². The maximum atomic E-state index is 11.7. The minimum atomic E-state index is -4.35. The van der Waals surface area contributed by atoms with E-state index in [0.717, 1.165) is 0 Å². The van der Waals surface area contributed by atoms with E-state index in [-0.39, 0.29) is 0 Å². The van der Waals surface area contributed by atoms with Crippen molar-refractivity contribution in [2.75, 3.05) is 7.11 Å². The van der Waals surface area contributed by atoms with Gasteiger partial charge in [0.15, 0.2) is 0 Å². The van der Waals surface area contributed by atoms with Crippen LogP contribution in [0.2, 0.25) is 0 Å². The van der Waals surface area contributed by atoms with Crippen LogP contribution in [0, 0.1) is 0 Å². The molecule has 6 nitrogen and oxygen atoms in total. The molecule has 0 amide bonds. The molecule has 126 valence electrons. The molecule has 1 aromatic carbocycles. The largest absolute Gasteiger partial charge is 0.423 e. The third kappa shape index (κ3) is 3.06. The highest BCUT2D eigenvalue weighted by Crippen LogP contribution is 2.34. The average molecular weight is 348 g/mol. The van der Waals surface area contributed by atoms with Gasteiger partial charge in [-0.25, -0.2) is 4.79 Å². The van der Waals surface area contributed by atoms with Crippen LogP contribution < -0.4 is 5.63 Å². The quantitative estimate of drug-likeness (QED) is 0.520. The molecule has 0 spiro atoms. The summed E-state index contributed by atoms with van der Waals surface area (Å²) in [7, 11) is -2.84. The summed E-state index contributed by atoms with van der Waals surface area (Å²) in [4.78, 5) is 11.4. The number of hydrogen-bond acceptors (Lipinski definition) is 5. The first-order valence-electron chi connectivity index (χ1n) is 7.20. The van der Waals surface area contributed by atoms with Gasteiger partial charge in [0.1, 0.15) is 16.4 Å². The van der Waals surface area contributed by atoms with Crippen molar-refractivity contribution in [3.63, 3.8) is 0 Å². The molecule has 2 atom stereocenters. The van der Waals surface area contributed by atoms with Gasteiger partial charge in [0.2, 0.25) is 0 Å². The van der Waals surface area contributed by atoms with E-state index >= 15 is 0 Å². The number of methoxy groups -OCH3 is 1. The second kappa shape index (κ2) is 5.70. The lowest BCUT2D eigenvalue weighted by molar-refractivity contribution is 0.0900. The molecule has 1 heterocycles. The smallest absolute Gasteiger partial charge is 0.336 e.